The molecule has 2 rings (SSSR count). The van der Waals surface area contributed by atoms with E-state index in [9.17, 15) is 4.79 Å². The Morgan fingerprint density at radius 2 is 2.29 bits per heavy atom. The van der Waals surface area contributed by atoms with Crippen LogP contribution in [0.3, 0.4) is 0 Å². The predicted molar refractivity (Wildman–Crippen MR) is 55.4 cm³/mol. The topological polar surface area (TPSA) is 34.9 Å². The van der Waals surface area contributed by atoms with E-state index in [1.165, 1.54) is 0 Å². The quantitative estimate of drug-likeness (QED) is 0.677. The van der Waals surface area contributed by atoms with E-state index in [1.54, 1.807) is 13.1 Å². The Hall–Kier alpha value is -1.64. The maximum absolute atomic E-state index is 11.1. The lowest BCUT2D eigenvalue weighted by Gasteiger charge is -1.99. The third-order valence-corrected chi connectivity index (χ3v) is 2.35. The average molecular weight is 188 g/mol. The van der Waals surface area contributed by atoms with Crippen molar-refractivity contribution < 1.29 is 4.79 Å². The highest BCUT2D eigenvalue weighted by molar-refractivity contribution is 5.97. The lowest BCUT2D eigenvalue weighted by molar-refractivity contribution is 0.101. The summed E-state index contributed by atoms with van der Waals surface area (Å²) in [6.07, 6.45) is 1.80. The SMILES string of the molecule is CCn1ncc2cc(C(C)=O)ccc21. The van der Waals surface area contributed by atoms with Crippen LogP contribution in [0.2, 0.25) is 0 Å². The van der Waals surface area contributed by atoms with Crippen LogP contribution in [-0.2, 0) is 6.54 Å². The number of Topliss-reactive ketones (excluding diaryl/α,β-unsaturated/α-hetero) is 1. The molecular formula is C11H12N2O. The molecule has 3 nitrogen and oxygen atoms in total. The fraction of sp³-hybridized carbons (Fsp3) is 0.273. The van der Waals surface area contributed by atoms with E-state index in [0.717, 1.165) is 23.0 Å². The van der Waals surface area contributed by atoms with Crippen LogP contribution in [0, 0.1) is 0 Å². The zero-order valence-electron chi connectivity index (χ0n) is 8.32. The van der Waals surface area contributed by atoms with Crippen molar-refractivity contribution in [1.29, 1.82) is 0 Å². The molecule has 0 aliphatic rings. The van der Waals surface area contributed by atoms with Gasteiger partial charge in [-0.15, -0.1) is 0 Å². The third-order valence-electron chi connectivity index (χ3n) is 2.35. The van der Waals surface area contributed by atoms with Gasteiger partial charge in [-0.25, -0.2) is 0 Å². The number of hydrogen-bond donors (Lipinski definition) is 0. The summed E-state index contributed by atoms with van der Waals surface area (Å²) in [5.41, 5.74) is 1.82. The molecule has 1 aromatic heterocycles. The van der Waals surface area contributed by atoms with Crippen molar-refractivity contribution in [2.24, 2.45) is 0 Å². The molecule has 0 radical (unpaired) electrons. The van der Waals surface area contributed by atoms with E-state index >= 15 is 0 Å². The zero-order chi connectivity index (χ0) is 10.1. The number of carbonyl (C=O) groups is 1. The first-order valence-corrected chi connectivity index (χ1v) is 4.69. The van der Waals surface area contributed by atoms with Crippen LogP contribution in [0.1, 0.15) is 24.2 Å². The number of ketones is 1. The van der Waals surface area contributed by atoms with E-state index in [2.05, 4.69) is 5.10 Å². The normalized spacial score (nSPS) is 10.7. The van der Waals surface area contributed by atoms with Crippen LogP contribution in [0.5, 0.6) is 0 Å². The Morgan fingerprint density at radius 1 is 1.50 bits per heavy atom. The molecule has 0 bridgehead atoms. The molecule has 1 aromatic carbocycles. The lowest BCUT2D eigenvalue weighted by Crippen LogP contribution is -1.96. The summed E-state index contributed by atoms with van der Waals surface area (Å²) < 4.78 is 1.92. The highest BCUT2D eigenvalue weighted by atomic mass is 16.1. The van der Waals surface area contributed by atoms with Crippen molar-refractivity contribution in [3.63, 3.8) is 0 Å². The summed E-state index contributed by atoms with van der Waals surface area (Å²) in [5, 5.41) is 5.25. The minimum atomic E-state index is 0.0937. The first-order valence-electron chi connectivity index (χ1n) is 4.69. The Kier molecular flexibility index (Phi) is 2.08. The molecule has 0 unspecified atom stereocenters. The number of aromatic nitrogens is 2. The van der Waals surface area contributed by atoms with Gasteiger partial charge in [0.15, 0.2) is 5.78 Å². The van der Waals surface area contributed by atoms with Gasteiger partial charge in [-0.3, -0.25) is 9.48 Å². The minimum absolute atomic E-state index is 0.0937. The molecule has 0 atom stereocenters. The summed E-state index contributed by atoms with van der Waals surface area (Å²) >= 11 is 0. The summed E-state index contributed by atoms with van der Waals surface area (Å²) in [4.78, 5) is 11.1. The summed E-state index contributed by atoms with van der Waals surface area (Å²) in [5.74, 6) is 0.0937. The van der Waals surface area contributed by atoms with Gasteiger partial charge >= 0.3 is 0 Å². The molecule has 3 heteroatoms. The molecular weight excluding hydrogens is 176 g/mol. The Bertz CT molecular complexity index is 485. The summed E-state index contributed by atoms with van der Waals surface area (Å²) in [6.45, 7) is 4.47. The molecule has 0 saturated heterocycles. The van der Waals surface area contributed by atoms with Gasteiger partial charge in [0.2, 0.25) is 0 Å². The number of rotatable bonds is 2. The maximum atomic E-state index is 11.1. The van der Waals surface area contributed by atoms with Crippen molar-refractivity contribution in [3.8, 4) is 0 Å². The standard InChI is InChI=1S/C11H12N2O/c1-3-13-11-5-4-9(8(2)14)6-10(11)7-12-13/h4-7H,3H2,1-2H3. The smallest absolute Gasteiger partial charge is 0.159 e. The number of benzene rings is 1. The highest BCUT2D eigenvalue weighted by Gasteiger charge is 2.04. The van der Waals surface area contributed by atoms with Crippen molar-refractivity contribution >= 4 is 16.7 Å². The minimum Gasteiger partial charge on any atom is -0.295 e. The van der Waals surface area contributed by atoms with Gasteiger partial charge in [-0.1, -0.05) is 0 Å². The number of aryl methyl sites for hydroxylation is 1. The fourth-order valence-electron chi connectivity index (χ4n) is 1.56. The van der Waals surface area contributed by atoms with Gasteiger partial charge in [-0.2, -0.15) is 5.10 Å². The van der Waals surface area contributed by atoms with Crippen molar-refractivity contribution in [3.05, 3.63) is 30.0 Å². The molecule has 0 amide bonds. The van der Waals surface area contributed by atoms with E-state index in [4.69, 9.17) is 0 Å². The van der Waals surface area contributed by atoms with E-state index in [0.29, 0.717) is 0 Å². The molecule has 0 fully saturated rings. The van der Waals surface area contributed by atoms with E-state index in [1.807, 2.05) is 29.8 Å². The van der Waals surface area contributed by atoms with E-state index in [-0.39, 0.29) is 5.78 Å². The monoisotopic (exact) mass is 188 g/mol. The van der Waals surface area contributed by atoms with Crippen LogP contribution in [0.4, 0.5) is 0 Å². The van der Waals surface area contributed by atoms with Gasteiger partial charge in [0, 0.05) is 17.5 Å². The molecule has 72 valence electrons. The molecule has 0 spiro atoms. The van der Waals surface area contributed by atoms with Crippen molar-refractivity contribution in [2.45, 2.75) is 20.4 Å². The lowest BCUT2D eigenvalue weighted by atomic mass is 10.1. The van der Waals surface area contributed by atoms with Gasteiger partial charge in [0.25, 0.3) is 0 Å². The predicted octanol–water partition coefficient (Wildman–Crippen LogP) is 2.26. The van der Waals surface area contributed by atoms with E-state index < -0.39 is 0 Å². The molecule has 1 heterocycles. The third kappa shape index (κ3) is 1.31. The largest absolute Gasteiger partial charge is 0.295 e. The number of nitrogens with zero attached hydrogens (tertiary/aromatic N) is 2. The Labute approximate surface area is 82.3 Å². The van der Waals surface area contributed by atoms with Gasteiger partial charge in [0.05, 0.1) is 11.7 Å². The summed E-state index contributed by atoms with van der Waals surface area (Å²) in [6, 6.07) is 5.68. The van der Waals surface area contributed by atoms with Crippen LogP contribution in [-0.4, -0.2) is 15.6 Å². The first kappa shape index (κ1) is 8.94. The van der Waals surface area contributed by atoms with Crippen molar-refractivity contribution in [1.82, 2.24) is 9.78 Å². The number of fused-ring (bicyclic) bond motifs is 1. The first-order chi connectivity index (χ1) is 6.72. The van der Waals surface area contributed by atoms with Crippen LogP contribution < -0.4 is 0 Å². The second-order valence-electron chi connectivity index (χ2n) is 3.29. The van der Waals surface area contributed by atoms with Gasteiger partial charge in [-0.05, 0) is 32.0 Å². The van der Waals surface area contributed by atoms with Gasteiger partial charge < -0.3 is 0 Å². The van der Waals surface area contributed by atoms with Crippen LogP contribution in [0.25, 0.3) is 10.9 Å². The molecule has 0 aliphatic carbocycles. The van der Waals surface area contributed by atoms with Gasteiger partial charge in [0.1, 0.15) is 0 Å². The molecule has 0 aliphatic heterocycles. The highest BCUT2D eigenvalue weighted by Crippen LogP contribution is 2.15. The number of carbonyl (C=O) groups excluding carboxylic acids is 1. The Balaban J connectivity index is 2.63. The second kappa shape index (κ2) is 3.25. The average Bonchev–Trinajstić information content (AvgIpc) is 2.59. The summed E-state index contributed by atoms with van der Waals surface area (Å²) in [7, 11) is 0. The second-order valence-corrected chi connectivity index (χ2v) is 3.29. The Morgan fingerprint density at radius 3 is 2.93 bits per heavy atom. The number of hydrogen-bond acceptors (Lipinski definition) is 2. The molecule has 14 heavy (non-hydrogen) atoms. The zero-order valence-corrected chi connectivity index (χ0v) is 8.32. The van der Waals surface area contributed by atoms with Crippen LogP contribution in [0.15, 0.2) is 24.4 Å². The van der Waals surface area contributed by atoms with Crippen LogP contribution >= 0.6 is 0 Å². The fourth-order valence-corrected chi connectivity index (χ4v) is 1.56. The molecule has 0 N–H and O–H groups in total. The van der Waals surface area contributed by atoms with Crippen molar-refractivity contribution in [2.75, 3.05) is 0 Å². The molecule has 2 aromatic rings. The molecule has 0 saturated carbocycles. The maximum Gasteiger partial charge on any atom is 0.159 e.